The van der Waals surface area contributed by atoms with Gasteiger partial charge in [0.1, 0.15) is 0 Å². The molecule has 6 heteroatoms. The van der Waals surface area contributed by atoms with Gasteiger partial charge in [0.25, 0.3) is 0 Å². The SMILES string of the molecule is CC(C)(CO)CNCc1ccc([N+](=O)[O-])s1. The number of hydrogen-bond acceptors (Lipinski definition) is 5. The lowest BCUT2D eigenvalue weighted by Gasteiger charge is -2.21. The lowest BCUT2D eigenvalue weighted by molar-refractivity contribution is -0.380. The fourth-order valence-corrected chi connectivity index (χ4v) is 1.93. The van der Waals surface area contributed by atoms with E-state index in [0.29, 0.717) is 13.1 Å². The van der Waals surface area contributed by atoms with Gasteiger partial charge in [-0.25, -0.2) is 0 Å². The van der Waals surface area contributed by atoms with Gasteiger partial charge in [-0.2, -0.15) is 0 Å². The summed E-state index contributed by atoms with van der Waals surface area (Å²) >= 11 is 1.18. The summed E-state index contributed by atoms with van der Waals surface area (Å²) in [6, 6.07) is 3.26. The van der Waals surface area contributed by atoms with Crippen molar-refractivity contribution < 1.29 is 10.0 Å². The van der Waals surface area contributed by atoms with Crippen LogP contribution in [0.15, 0.2) is 12.1 Å². The number of nitro groups is 1. The Morgan fingerprint density at radius 3 is 2.75 bits per heavy atom. The number of aliphatic hydroxyl groups excluding tert-OH is 1. The van der Waals surface area contributed by atoms with Gasteiger partial charge in [-0.1, -0.05) is 25.2 Å². The first-order valence-electron chi connectivity index (χ1n) is 4.99. The lowest BCUT2D eigenvalue weighted by Crippen LogP contribution is -2.31. The number of rotatable bonds is 6. The predicted molar refractivity (Wildman–Crippen MR) is 63.5 cm³/mol. The zero-order chi connectivity index (χ0) is 12.2. The Kier molecular flexibility index (Phi) is 4.40. The van der Waals surface area contributed by atoms with Crippen LogP contribution >= 0.6 is 11.3 Å². The average Bonchev–Trinajstić information content (AvgIpc) is 2.66. The summed E-state index contributed by atoms with van der Waals surface area (Å²) < 4.78 is 0. The summed E-state index contributed by atoms with van der Waals surface area (Å²) in [5, 5.41) is 22.8. The van der Waals surface area contributed by atoms with Crippen molar-refractivity contribution in [3.63, 3.8) is 0 Å². The van der Waals surface area contributed by atoms with Crippen LogP contribution in [0.4, 0.5) is 5.00 Å². The highest BCUT2D eigenvalue weighted by Gasteiger charge is 2.16. The molecule has 5 nitrogen and oxygen atoms in total. The van der Waals surface area contributed by atoms with Gasteiger partial charge in [-0.3, -0.25) is 10.1 Å². The van der Waals surface area contributed by atoms with E-state index in [1.165, 1.54) is 17.4 Å². The van der Waals surface area contributed by atoms with E-state index in [1.807, 2.05) is 13.8 Å². The maximum absolute atomic E-state index is 10.5. The summed E-state index contributed by atoms with van der Waals surface area (Å²) in [4.78, 5) is 11.0. The summed E-state index contributed by atoms with van der Waals surface area (Å²) in [5.74, 6) is 0. The molecular weight excluding hydrogens is 228 g/mol. The van der Waals surface area contributed by atoms with E-state index < -0.39 is 0 Å². The smallest absolute Gasteiger partial charge is 0.324 e. The minimum atomic E-state index is -0.383. The maximum Gasteiger partial charge on any atom is 0.324 e. The number of aliphatic hydroxyl groups is 1. The van der Waals surface area contributed by atoms with Gasteiger partial charge in [-0.05, 0) is 6.07 Å². The van der Waals surface area contributed by atoms with Crippen LogP contribution in [0.1, 0.15) is 18.7 Å². The molecule has 1 heterocycles. The van der Waals surface area contributed by atoms with Crippen molar-refractivity contribution in [2.24, 2.45) is 5.41 Å². The predicted octanol–water partition coefficient (Wildman–Crippen LogP) is 1.76. The molecule has 0 unspecified atom stereocenters. The summed E-state index contributed by atoms with van der Waals surface area (Å²) in [5.41, 5.74) is -0.163. The van der Waals surface area contributed by atoms with E-state index in [2.05, 4.69) is 5.32 Å². The fourth-order valence-electron chi connectivity index (χ4n) is 1.14. The topological polar surface area (TPSA) is 75.4 Å². The minimum Gasteiger partial charge on any atom is -0.396 e. The second-order valence-electron chi connectivity index (χ2n) is 4.42. The number of nitrogens with zero attached hydrogens (tertiary/aromatic N) is 1. The second-order valence-corrected chi connectivity index (χ2v) is 5.57. The molecule has 1 aromatic rings. The first-order chi connectivity index (χ1) is 7.44. The Labute approximate surface area is 98.3 Å². The monoisotopic (exact) mass is 244 g/mol. The molecule has 0 amide bonds. The molecule has 0 atom stereocenters. The Bertz CT molecular complexity index is 363. The second kappa shape index (κ2) is 5.38. The van der Waals surface area contributed by atoms with Crippen molar-refractivity contribution in [1.82, 2.24) is 5.32 Å². The van der Waals surface area contributed by atoms with Crippen LogP contribution in [0.5, 0.6) is 0 Å². The van der Waals surface area contributed by atoms with E-state index >= 15 is 0 Å². The van der Waals surface area contributed by atoms with Crippen LogP contribution in [0.25, 0.3) is 0 Å². The molecule has 0 fully saturated rings. The summed E-state index contributed by atoms with van der Waals surface area (Å²) in [6.07, 6.45) is 0. The molecule has 0 aliphatic rings. The fraction of sp³-hybridized carbons (Fsp3) is 0.600. The summed E-state index contributed by atoms with van der Waals surface area (Å²) in [7, 11) is 0. The van der Waals surface area contributed by atoms with Crippen LogP contribution in [-0.2, 0) is 6.54 Å². The van der Waals surface area contributed by atoms with Crippen molar-refractivity contribution in [3.05, 3.63) is 27.1 Å². The molecule has 90 valence electrons. The molecule has 16 heavy (non-hydrogen) atoms. The van der Waals surface area contributed by atoms with Gasteiger partial charge in [0.15, 0.2) is 0 Å². The van der Waals surface area contributed by atoms with E-state index in [9.17, 15) is 10.1 Å². The molecule has 0 saturated carbocycles. The van der Waals surface area contributed by atoms with Gasteiger partial charge >= 0.3 is 5.00 Å². The Balaban J connectivity index is 2.40. The highest BCUT2D eigenvalue weighted by atomic mass is 32.1. The van der Waals surface area contributed by atoms with Crippen LogP contribution in [0, 0.1) is 15.5 Å². The zero-order valence-electron chi connectivity index (χ0n) is 9.40. The molecule has 0 saturated heterocycles. The first kappa shape index (κ1) is 13.1. The van der Waals surface area contributed by atoms with Crippen molar-refractivity contribution in [3.8, 4) is 0 Å². The third kappa shape index (κ3) is 3.88. The number of thiophene rings is 1. The average molecular weight is 244 g/mol. The molecule has 0 radical (unpaired) electrons. The zero-order valence-corrected chi connectivity index (χ0v) is 10.2. The lowest BCUT2D eigenvalue weighted by atomic mass is 9.95. The van der Waals surface area contributed by atoms with Crippen molar-refractivity contribution in [1.29, 1.82) is 0 Å². The standard InChI is InChI=1S/C10H16N2O3S/c1-10(2,7-13)6-11-5-8-3-4-9(16-8)12(14)15/h3-4,11,13H,5-7H2,1-2H3. The maximum atomic E-state index is 10.5. The molecule has 0 bridgehead atoms. The van der Waals surface area contributed by atoms with Gasteiger partial charge < -0.3 is 10.4 Å². The van der Waals surface area contributed by atoms with Crippen LogP contribution in [0.3, 0.4) is 0 Å². The normalized spacial score (nSPS) is 11.7. The molecule has 0 aliphatic heterocycles. The van der Waals surface area contributed by atoms with Crippen molar-refractivity contribution >= 4 is 16.3 Å². The van der Waals surface area contributed by atoms with Gasteiger partial charge in [0.05, 0.1) is 4.92 Å². The van der Waals surface area contributed by atoms with E-state index in [0.717, 1.165) is 4.88 Å². The largest absolute Gasteiger partial charge is 0.396 e. The van der Waals surface area contributed by atoms with Gasteiger partial charge in [0.2, 0.25) is 0 Å². The molecule has 0 aliphatic carbocycles. The minimum absolute atomic E-state index is 0.116. The molecule has 2 N–H and O–H groups in total. The molecular formula is C10H16N2O3S. The molecule has 1 rings (SSSR count). The Morgan fingerprint density at radius 1 is 1.56 bits per heavy atom. The van der Waals surface area contributed by atoms with E-state index in [-0.39, 0.29) is 21.9 Å². The Hall–Kier alpha value is -0.980. The highest BCUT2D eigenvalue weighted by molar-refractivity contribution is 7.15. The number of nitrogens with one attached hydrogen (secondary N) is 1. The third-order valence-corrected chi connectivity index (χ3v) is 3.20. The van der Waals surface area contributed by atoms with Gasteiger partial charge in [0, 0.05) is 36.1 Å². The highest BCUT2D eigenvalue weighted by Crippen LogP contribution is 2.23. The van der Waals surface area contributed by atoms with Crippen molar-refractivity contribution in [2.45, 2.75) is 20.4 Å². The van der Waals surface area contributed by atoms with Crippen LogP contribution < -0.4 is 5.32 Å². The van der Waals surface area contributed by atoms with Crippen LogP contribution in [-0.4, -0.2) is 23.2 Å². The quantitative estimate of drug-likeness (QED) is 0.590. The molecule has 0 spiro atoms. The summed E-state index contributed by atoms with van der Waals surface area (Å²) in [6.45, 7) is 5.30. The first-order valence-corrected chi connectivity index (χ1v) is 5.81. The molecule has 1 aromatic heterocycles. The van der Waals surface area contributed by atoms with E-state index in [4.69, 9.17) is 5.11 Å². The van der Waals surface area contributed by atoms with Crippen molar-refractivity contribution in [2.75, 3.05) is 13.2 Å². The number of hydrogen-bond donors (Lipinski definition) is 2. The van der Waals surface area contributed by atoms with Crippen LogP contribution in [0.2, 0.25) is 0 Å². The molecule has 0 aromatic carbocycles. The third-order valence-electron chi connectivity index (χ3n) is 2.16. The Morgan fingerprint density at radius 2 is 2.25 bits per heavy atom. The van der Waals surface area contributed by atoms with Gasteiger partial charge in [-0.15, -0.1) is 0 Å². The van der Waals surface area contributed by atoms with E-state index in [1.54, 1.807) is 6.07 Å².